The fourth-order valence-corrected chi connectivity index (χ4v) is 1.18. The number of nitro benzene ring substituents is 1. The number of carbonyl (C=O) groups excluding carboxylic acids is 1. The molecule has 0 spiro atoms. The maximum Gasteiger partial charge on any atom is 0.318 e. The number of methoxy groups -OCH3 is 1. The van der Waals surface area contributed by atoms with Crippen LogP contribution in [0.3, 0.4) is 0 Å². The lowest BCUT2D eigenvalue weighted by molar-refractivity contribution is -0.386. The minimum atomic E-state index is -0.538. The maximum atomic E-state index is 10.8. The summed E-state index contributed by atoms with van der Waals surface area (Å²) < 4.78 is 4.86. The van der Waals surface area contributed by atoms with Crippen molar-refractivity contribution in [1.82, 2.24) is 0 Å². The lowest BCUT2D eigenvalue weighted by atomic mass is 10.1. The number of carbonyl (C=O) groups is 1. The molecule has 1 aromatic carbocycles. The molecule has 1 rings (SSSR count). The highest BCUT2D eigenvalue weighted by molar-refractivity contribution is 5.77. The highest BCUT2D eigenvalue weighted by Crippen LogP contribution is 2.31. The number of ether oxygens (including phenoxy) is 1. The van der Waals surface area contributed by atoms with Crippen molar-refractivity contribution in [2.45, 2.75) is 0 Å². The van der Waals surface area contributed by atoms with Gasteiger partial charge < -0.3 is 4.74 Å². The van der Waals surface area contributed by atoms with Crippen LogP contribution in [0.25, 0.3) is 6.08 Å². The number of benzene rings is 1. The minimum Gasteiger partial charge on any atom is -0.490 e. The van der Waals surface area contributed by atoms with Crippen LogP contribution in [0.1, 0.15) is 5.56 Å². The second-order valence-electron chi connectivity index (χ2n) is 2.65. The predicted molar refractivity (Wildman–Crippen MR) is 54.7 cm³/mol. The van der Waals surface area contributed by atoms with E-state index in [4.69, 9.17) is 4.74 Å². The van der Waals surface area contributed by atoms with Gasteiger partial charge in [0.25, 0.3) is 0 Å². The van der Waals surface area contributed by atoms with Gasteiger partial charge in [-0.25, -0.2) is 0 Å². The Hall–Kier alpha value is -2.17. The van der Waals surface area contributed by atoms with Crippen LogP contribution < -0.4 is 4.74 Å². The van der Waals surface area contributed by atoms with E-state index in [2.05, 4.69) is 0 Å². The zero-order valence-corrected chi connectivity index (χ0v) is 8.04. The van der Waals surface area contributed by atoms with E-state index in [-0.39, 0.29) is 11.4 Å². The van der Waals surface area contributed by atoms with Crippen LogP contribution in [-0.2, 0) is 4.79 Å². The van der Waals surface area contributed by atoms with Gasteiger partial charge in [0.1, 0.15) is 6.29 Å². The van der Waals surface area contributed by atoms with Gasteiger partial charge in [0.2, 0.25) is 0 Å². The second-order valence-corrected chi connectivity index (χ2v) is 2.65. The topological polar surface area (TPSA) is 69.4 Å². The molecule has 5 nitrogen and oxygen atoms in total. The van der Waals surface area contributed by atoms with Gasteiger partial charge in [-0.3, -0.25) is 14.9 Å². The largest absolute Gasteiger partial charge is 0.490 e. The van der Waals surface area contributed by atoms with Gasteiger partial charge in [0.15, 0.2) is 5.75 Å². The summed E-state index contributed by atoms with van der Waals surface area (Å²) in [4.78, 5) is 20.4. The highest BCUT2D eigenvalue weighted by atomic mass is 16.6. The first-order chi connectivity index (χ1) is 7.20. The fraction of sp³-hybridized carbons (Fsp3) is 0.100. The summed E-state index contributed by atoms with van der Waals surface area (Å²) in [6.45, 7) is 0. The zero-order valence-electron chi connectivity index (χ0n) is 8.04. The van der Waals surface area contributed by atoms with Crippen LogP contribution >= 0.6 is 0 Å². The van der Waals surface area contributed by atoms with E-state index in [1.54, 1.807) is 12.1 Å². The smallest absolute Gasteiger partial charge is 0.318 e. The summed E-state index contributed by atoms with van der Waals surface area (Å²) in [5.41, 5.74) is 0.199. The third-order valence-corrected chi connectivity index (χ3v) is 1.79. The number of nitrogens with zero attached hydrogens (tertiary/aromatic N) is 1. The van der Waals surface area contributed by atoms with Crippen LogP contribution in [0.2, 0.25) is 0 Å². The van der Waals surface area contributed by atoms with Crippen LogP contribution in [0.15, 0.2) is 24.3 Å². The fourth-order valence-electron chi connectivity index (χ4n) is 1.18. The van der Waals surface area contributed by atoms with Crippen molar-refractivity contribution < 1.29 is 14.5 Å². The van der Waals surface area contributed by atoms with Gasteiger partial charge in [-0.05, 0) is 24.3 Å². The van der Waals surface area contributed by atoms with Gasteiger partial charge in [0.05, 0.1) is 17.6 Å². The van der Waals surface area contributed by atoms with Gasteiger partial charge in [-0.15, -0.1) is 0 Å². The van der Waals surface area contributed by atoms with Crippen LogP contribution in [0, 0.1) is 10.1 Å². The van der Waals surface area contributed by atoms with Crippen molar-refractivity contribution >= 4 is 18.0 Å². The summed E-state index contributed by atoms with van der Waals surface area (Å²) in [5.74, 6) is 0.174. The molecule has 0 unspecified atom stereocenters. The molecule has 0 aliphatic carbocycles. The third kappa shape index (κ3) is 2.40. The quantitative estimate of drug-likeness (QED) is 0.327. The summed E-state index contributed by atoms with van der Waals surface area (Å²) in [5, 5.41) is 10.8. The van der Waals surface area contributed by atoms with Crippen molar-refractivity contribution in [1.29, 1.82) is 0 Å². The van der Waals surface area contributed by atoms with E-state index in [0.29, 0.717) is 11.8 Å². The average Bonchev–Trinajstić information content (AvgIpc) is 2.25. The monoisotopic (exact) mass is 207 g/mol. The van der Waals surface area contributed by atoms with Gasteiger partial charge in [-0.2, -0.15) is 0 Å². The van der Waals surface area contributed by atoms with Crippen LogP contribution in [0.4, 0.5) is 5.69 Å². The Morgan fingerprint density at radius 1 is 1.47 bits per heavy atom. The van der Waals surface area contributed by atoms with Gasteiger partial charge >= 0.3 is 5.69 Å². The Bertz CT molecular complexity index is 412. The molecule has 5 heteroatoms. The van der Waals surface area contributed by atoms with E-state index in [1.807, 2.05) is 0 Å². The van der Waals surface area contributed by atoms with Crippen molar-refractivity contribution in [3.8, 4) is 5.75 Å². The summed E-state index contributed by atoms with van der Waals surface area (Å²) >= 11 is 0. The normalized spacial score (nSPS) is 10.2. The Morgan fingerprint density at radius 2 is 2.20 bits per heavy atom. The van der Waals surface area contributed by atoms with E-state index in [9.17, 15) is 14.9 Å². The molecular formula is C10H9NO4. The van der Waals surface area contributed by atoms with Crippen molar-refractivity contribution in [3.05, 3.63) is 40.0 Å². The molecule has 0 aliphatic rings. The highest BCUT2D eigenvalue weighted by Gasteiger charge is 2.18. The molecule has 0 amide bonds. The number of hydrogen-bond donors (Lipinski definition) is 0. The zero-order chi connectivity index (χ0) is 11.3. The standard InChI is InChI=1S/C10H9NO4/c1-15-9-6-2-4-8(5-3-7-12)10(9)11(13)14/h2-7H,1H3/b5-3+. The molecule has 0 radical (unpaired) electrons. The second kappa shape index (κ2) is 4.90. The number of allylic oxidation sites excluding steroid dienone is 1. The minimum absolute atomic E-state index is 0.141. The molecule has 15 heavy (non-hydrogen) atoms. The Morgan fingerprint density at radius 3 is 2.73 bits per heavy atom. The molecule has 78 valence electrons. The molecular weight excluding hydrogens is 198 g/mol. The molecule has 0 aromatic heterocycles. The van der Waals surface area contributed by atoms with Crippen molar-refractivity contribution in [2.75, 3.05) is 7.11 Å². The van der Waals surface area contributed by atoms with E-state index >= 15 is 0 Å². The predicted octanol–water partition coefficient (Wildman–Crippen LogP) is 1.82. The lowest BCUT2D eigenvalue weighted by Gasteiger charge is -2.03. The Kier molecular flexibility index (Phi) is 3.56. The number of para-hydroxylation sites is 1. The third-order valence-electron chi connectivity index (χ3n) is 1.79. The van der Waals surface area contributed by atoms with Crippen molar-refractivity contribution in [2.24, 2.45) is 0 Å². The van der Waals surface area contributed by atoms with E-state index in [1.165, 1.54) is 25.3 Å². The molecule has 0 heterocycles. The first-order valence-electron chi connectivity index (χ1n) is 4.14. The first kappa shape index (κ1) is 10.9. The molecule has 1 aromatic rings. The summed E-state index contributed by atoms with van der Waals surface area (Å²) in [6, 6.07) is 4.66. The summed E-state index contributed by atoms with van der Waals surface area (Å²) in [7, 11) is 1.36. The Labute approximate surface area is 86.1 Å². The molecule has 0 N–H and O–H groups in total. The van der Waals surface area contributed by atoms with Crippen LogP contribution in [-0.4, -0.2) is 18.3 Å². The number of hydrogen-bond acceptors (Lipinski definition) is 4. The maximum absolute atomic E-state index is 10.8. The first-order valence-corrected chi connectivity index (χ1v) is 4.14. The molecule has 0 aliphatic heterocycles. The molecule has 0 fully saturated rings. The molecule has 0 saturated carbocycles. The summed E-state index contributed by atoms with van der Waals surface area (Å²) in [6.07, 6.45) is 3.12. The molecule has 0 atom stereocenters. The SMILES string of the molecule is COc1cccc(/C=C/C=O)c1[N+](=O)[O-]. The lowest BCUT2D eigenvalue weighted by Crippen LogP contribution is -1.95. The van der Waals surface area contributed by atoms with Gasteiger partial charge in [-0.1, -0.05) is 6.07 Å². The van der Waals surface area contributed by atoms with E-state index < -0.39 is 4.92 Å². The molecule has 0 saturated heterocycles. The Balaban J connectivity index is 3.31. The number of aldehydes is 1. The average molecular weight is 207 g/mol. The molecule has 0 bridgehead atoms. The van der Waals surface area contributed by atoms with Crippen LogP contribution in [0.5, 0.6) is 5.75 Å². The van der Waals surface area contributed by atoms with Crippen molar-refractivity contribution in [3.63, 3.8) is 0 Å². The van der Waals surface area contributed by atoms with Gasteiger partial charge in [0, 0.05) is 0 Å². The number of nitro groups is 1. The van der Waals surface area contributed by atoms with E-state index in [0.717, 1.165) is 0 Å². The number of rotatable bonds is 4.